The van der Waals surface area contributed by atoms with Crippen molar-refractivity contribution in [1.82, 2.24) is 9.88 Å². The molecule has 0 saturated carbocycles. The van der Waals surface area contributed by atoms with Gasteiger partial charge in [-0.1, -0.05) is 6.07 Å². The number of aromatic amines is 1. The molecule has 1 saturated heterocycles. The summed E-state index contributed by atoms with van der Waals surface area (Å²) in [5, 5.41) is 9.93. The lowest BCUT2D eigenvalue weighted by Crippen LogP contribution is -2.37. The predicted octanol–water partition coefficient (Wildman–Crippen LogP) is 2.59. The van der Waals surface area contributed by atoms with Gasteiger partial charge in [0, 0.05) is 36.8 Å². The maximum atomic E-state index is 11.5. The third-order valence-corrected chi connectivity index (χ3v) is 4.21. The van der Waals surface area contributed by atoms with E-state index in [0.29, 0.717) is 5.92 Å². The highest BCUT2D eigenvalue weighted by molar-refractivity contribution is 5.93. The summed E-state index contributed by atoms with van der Waals surface area (Å²) in [5.74, 6) is -0.501. The molecule has 1 atom stereocenters. The van der Waals surface area contributed by atoms with Gasteiger partial charge < -0.3 is 15.0 Å². The topological polar surface area (TPSA) is 73.4 Å². The van der Waals surface area contributed by atoms with Crippen molar-refractivity contribution in [2.75, 3.05) is 13.1 Å². The Morgan fingerprint density at radius 2 is 2.14 bits per heavy atom. The van der Waals surface area contributed by atoms with Crippen molar-refractivity contribution < 1.29 is 14.7 Å². The van der Waals surface area contributed by atoms with Gasteiger partial charge in [-0.05, 0) is 36.6 Å². The third-order valence-electron chi connectivity index (χ3n) is 4.21. The monoisotopic (exact) mass is 286 g/mol. The van der Waals surface area contributed by atoms with Crippen LogP contribution in [-0.4, -0.2) is 40.0 Å². The van der Waals surface area contributed by atoms with E-state index in [0.717, 1.165) is 36.8 Å². The van der Waals surface area contributed by atoms with Crippen molar-refractivity contribution in [3.8, 4) is 0 Å². The molecule has 0 bridgehead atoms. The first-order valence-electron chi connectivity index (χ1n) is 7.16. The van der Waals surface area contributed by atoms with Gasteiger partial charge in [0.2, 0.25) is 5.91 Å². The molecule has 110 valence electrons. The number of piperidine rings is 1. The fourth-order valence-electron chi connectivity index (χ4n) is 3.06. The quantitative estimate of drug-likeness (QED) is 0.891. The molecule has 5 heteroatoms. The lowest BCUT2D eigenvalue weighted by atomic mass is 9.90. The van der Waals surface area contributed by atoms with Crippen molar-refractivity contribution in [2.45, 2.75) is 25.7 Å². The maximum Gasteiger partial charge on any atom is 0.352 e. The van der Waals surface area contributed by atoms with Gasteiger partial charge in [0.15, 0.2) is 0 Å². The zero-order valence-corrected chi connectivity index (χ0v) is 11.9. The Morgan fingerprint density at radius 1 is 1.33 bits per heavy atom. The smallest absolute Gasteiger partial charge is 0.352 e. The molecule has 1 aliphatic heterocycles. The van der Waals surface area contributed by atoms with E-state index < -0.39 is 5.97 Å². The first-order valence-corrected chi connectivity index (χ1v) is 7.16. The Bertz CT molecular complexity index is 705. The molecule has 21 heavy (non-hydrogen) atoms. The number of hydrogen-bond acceptors (Lipinski definition) is 2. The maximum absolute atomic E-state index is 11.5. The first-order chi connectivity index (χ1) is 10.0. The number of benzene rings is 1. The van der Waals surface area contributed by atoms with Crippen LogP contribution in [0.25, 0.3) is 10.9 Å². The van der Waals surface area contributed by atoms with Crippen LogP contribution in [-0.2, 0) is 4.79 Å². The van der Waals surface area contributed by atoms with Crippen LogP contribution < -0.4 is 0 Å². The summed E-state index contributed by atoms with van der Waals surface area (Å²) in [5.41, 5.74) is 2.20. The lowest BCUT2D eigenvalue weighted by Gasteiger charge is -2.32. The molecule has 0 radical (unpaired) electrons. The number of aromatic nitrogens is 1. The summed E-state index contributed by atoms with van der Waals surface area (Å²) >= 11 is 0. The standard InChI is InChI=1S/C16H18N2O3/c1-10(19)18-6-2-3-12(9-18)11-4-5-14-13(7-11)8-15(17-14)16(20)21/h4-5,7-8,12,17H,2-3,6,9H2,1H3,(H,20,21). The minimum Gasteiger partial charge on any atom is -0.477 e. The summed E-state index contributed by atoms with van der Waals surface area (Å²) in [6.45, 7) is 3.19. The van der Waals surface area contributed by atoms with Crippen molar-refractivity contribution in [2.24, 2.45) is 0 Å². The van der Waals surface area contributed by atoms with Gasteiger partial charge in [-0.25, -0.2) is 4.79 Å². The number of carbonyl (C=O) groups is 2. The van der Waals surface area contributed by atoms with Gasteiger partial charge >= 0.3 is 5.97 Å². The van der Waals surface area contributed by atoms with Crippen LogP contribution in [0.15, 0.2) is 24.3 Å². The van der Waals surface area contributed by atoms with Crippen LogP contribution in [0.4, 0.5) is 0 Å². The molecule has 0 aliphatic carbocycles. The van der Waals surface area contributed by atoms with Crippen LogP contribution in [0, 0.1) is 0 Å². The fourth-order valence-corrected chi connectivity index (χ4v) is 3.06. The normalized spacial score (nSPS) is 18.9. The number of hydrogen-bond donors (Lipinski definition) is 2. The molecular weight excluding hydrogens is 268 g/mol. The number of carboxylic acid groups (broad SMARTS) is 1. The first kappa shape index (κ1) is 13.7. The molecule has 3 rings (SSSR count). The molecule has 2 heterocycles. The Kier molecular flexibility index (Phi) is 3.41. The predicted molar refractivity (Wildman–Crippen MR) is 79.5 cm³/mol. The van der Waals surface area contributed by atoms with Crippen LogP contribution >= 0.6 is 0 Å². The number of fused-ring (bicyclic) bond motifs is 1. The number of carbonyl (C=O) groups excluding carboxylic acids is 1. The number of carboxylic acids is 1. The van der Waals surface area contributed by atoms with Gasteiger partial charge in [-0.3, -0.25) is 4.79 Å². The summed E-state index contributed by atoms with van der Waals surface area (Å²) in [7, 11) is 0. The minimum atomic E-state index is -0.951. The van der Waals surface area contributed by atoms with E-state index in [9.17, 15) is 9.59 Å². The zero-order chi connectivity index (χ0) is 15.0. The molecule has 1 aromatic heterocycles. The molecule has 1 aliphatic rings. The number of nitrogens with one attached hydrogen (secondary N) is 1. The molecule has 2 N–H and O–H groups in total. The van der Waals surface area contributed by atoms with Crippen LogP contribution in [0.5, 0.6) is 0 Å². The highest BCUT2D eigenvalue weighted by atomic mass is 16.4. The summed E-state index contributed by atoms with van der Waals surface area (Å²) in [6.07, 6.45) is 2.07. The summed E-state index contributed by atoms with van der Waals surface area (Å²) < 4.78 is 0. The Morgan fingerprint density at radius 3 is 2.86 bits per heavy atom. The van der Waals surface area contributed by atoms with Gasteiger partial charge in [0.1, 0.15) is 5.69 Å². The molecule has 0 spiro atoms. The molecule has 1 amide bonds. The van der Waals surface area contributed by atoms with E-state index in [-0.39, 0.29) is 11.6 Å². The van der Waals surface area contributed by atoms with Crippen molar-refractivity contribution in [3.63, 3.8) is 0 Å². The largest absolute Gasteiger partial charge is 0.477 e. The highest BCUT2D eigenvalue weighted by Gasteiger charge is 2.23. The van der Waals surface area contributed by atoms with Gasteiger partial charge in [0.25, 0.3) is 0 Å². The average molecular weight is 286 g/mol. The van der Waals surface area contributed by atoms with E-state index >= 15 is 0 Å². The number of amides is 1. The number of rotatable bonds is 2. The third kappa shape index (κ3) is 2.63. The summed E-state index contributed by atoms with van der Waals surface area (Å²) in [4.78, 5) is 27.3. The minimum absolute atomic E-state index is 0.121. The van der Waals surface area contributed by atoms with E-state index in [1.807, 2.05) is 23.1 Å². The second-order valence-electron chi connectivity index (χ2n) is 5.64. The Balaban J connectivity index is 1.89. The van der Waals surface area contributed by atoms with E-state index in [1.165, 1.54) is 5.56 Å². The highest BCUT2D eigenvalue weighted by Crippen LogP contribution is 2.29. The molecule has 1 aromatic carbocycles. The zero-order valence-electron chi connectivity index (χ0n) is 11.9. The molecule has 5 nitrogen and oxygen atoms in total. The van der Waals surface area contributed by atoms with Crippen LogP contribution in [0.3, 0.4) is 0 Å². The SMILES string of the molecule is CC(=O)N1CCCC(c2ccc3[nH]c(C(=O)O)cc3c2)C1. The van der Waals surface area contributed by atoms with Gasteiger partial charge in [-0.15, -0.1) is 0 Å². The van der Waals surface area contributed by atoms with E-state index in [2.05, 4.69) is 4.98 Å². The van der Waals surface area contributed by atoms with Crippen molar-refractivity contribution in [3.05, 3.63) is 35.5 Å². The van der Waals surface area contributed by atoms with Crippen molar-refractivity contribution >= 4 is 22.8 Å². The second kappa shape index (κ2) is 5.24. The Hall–Kier alpha value is -2.30. The lowest BCUT2D eigenvalue weighted by molar-refractivity contribution is -0.130. The number of aromatic carboxylic acids is 1. The molecule has 1 unspecified atom stereocenters. The van der Waals surface area contributed by atoms with E-state index in [4.69, 9.17) is 5.11 Å². The Labute approximate surface area is 122 Å². The fraction of sp³-hybridized carbons (Fsp3) is 0.375. The molecule has 1 fully saturated rings. The van der Waals surface area contributed by atoms with Crippen LogP contribution in [0.1, 0.15) is 41.7 Å². The number of nitrogens with zero attached hydrogens (tertiary/aromatic N) is 1. The second-order valence-corrected chi connectivity index (χ2v) is 5.64. The van der Waals surface area contributed by atoms with Gasteiger partial charge in [-0.2, -0.15) is 0 Å². The average Bonchev–Trinajstić information content (AvgIpc) is 2.90. The number of likely N-dealkylation sites (tertiary alicyclic amines) is 1. The molecular formula is C16H18N2O3. The summed E-state index contributed by atoms with van der Waals surface area (Å²) in [6, 6.07) is 7.64. The van der Waals surface area contributed by atoms with Crippen LogP contribution in [0.2, 0.25) is 0 Å². The number of H-pyrrole nitrogens is 1. The van der Waals surface area contributed by atoms with E-state index in [1.54, 1.807) is 13.0 Å². The van der Waals surface area contributed by atoms with Gasteiger partial charge in [0.05, 0.1) is 0 Å². The molecule has 2 aromatic rings. The van der Waals surface area contributed by atoms with Crippen molar-refractivity contribution in [1.29, 1.82) is 0 Å².